The fraction of sp³-hybridized carbons (Fsp3) is 0.727. The fourth-order valence-electron chi connectivity index (χ4n) is 2.10. The molecule has 1 N–H and O–H groups in total. The largest absolute Gasteiger partial charge is 0.342 e. The number of hydrogen-bond acceptors (Lipinski definition) is 2. The maximum absolute atomic E-state index is 11.8. The van der Waals surface area contributed by atoms with Crippen molar-refractivity contribution in [3.8, 4) is 0 Å². The third kappa shape index (κ3) is 2.35. The molecule has 14 heavy (non-hydrogen) atoms. The molecule has 1 saturated heterocycles. The van der Waals surface area contributed by atoms with Gasteiger partial charge in [-0.15, -0.1) is 0 Å². The van der Waals surface area contributed by atoms with Gasteiger partial charge in [0.2, 0.25) is 5.91 Å². The van der Waals surface area contributed by atoms with E-state index in [9.17, 15) is 4.79 Å². The number of carbonyl (C=O) groups excluding carboxylic acids is 1. The maximum Gasteiger partial charge on any atom is 0.226 e. The highest BCUT2D eigenvalue weighted by Crippen LogP contribution is 2.14. The molecule has 2 aliphatic rings. The zero-order valence-corrected chi connectivity index (χ0v) is 8.59. The predicted molar refractivity (Wildman–Crippen MR) is 56.0 cm³/mol. The van der Waals surface area contributed by atoms with Gasteiger partial charge >= 0.3 is 0 Å². The molecular formula is C11H18N2O. The van der Waals surface area contributed by atoms with Crippen LogP contribution in [0.3, 0.4) is 0 Å². The van der Waals surface area contributed by atoms with Crippen LogP contribution in [0, 0.1) is 0 Å². The van der Waals surface area contributed by atoms with Gasteiger partial charge in [-0.1, -0.05) is 11.6 Å². The number of carbonyl (C=O) groups is 1. The van der Waals surface area contributed by atoms with Gasteiger partial charge < -0.3 is 10.2 Å². The topological polar surface area (TPSA) is 32.3 Å². The van der Waals surface area contributed by atoms with Crippen LogP contribution in [0.2, 0.25) is 0 Å². The summed E-state index contributed by atoms with van der Waals surface area (Å²) in [5.74, 6) is 0.329. The van der Waals surface area contributed by atoms with E-state index in [-0.39, 0.29) is 0 Å². The Balaban J connectivity index is 1.83. The van der Waals surface area contributed by atoms with E-state index in [0.29, 0.717) is 12.3 Å². The Labute approximate surface area is 85.2 Å². The zero-order valence-electron chi connectivity index (χ0n) is 8.59. The molecule has 1 amide bonds. The maximum atomic E-state index is 11.8. The summed E-state index contributed by atoms with van der Waals surface area (Å²) in [5.41, 5.74) is 1.32. The van der Waals surface area contributed by atoms with Crippen molar-refractivity contribution in [2.45, 2.75) is 25.7 Å². The van der Waals surface area contributed by atoms with E-state index in [1.54, 1.807) is 0 Å². The minimum absolute atomic E-state index is 0.329. The Bertz CT molecular complexity index is 242. The van der Waals surface area contributed by atoms with Crippen LogP contribution in [-0.4, -0.2) is 37.0 Å². The molecule has 0 aromatic rings. The Hall–Kier alpha value is -0.830. The first-order valence-corrected chi connectivity index (χ1v) is 5.52. The molecular weight excluding hydrogens is 176 g/mol. The summed E-state index contributed by atoms with van der Waals surface area (Å²) in [6, 6.07) is 0. The molecule has 0 saturated carbocycles. The second-order valence-corrected chi connectivity index (χ2v) is 4.08. The molecule has 78 valence electrons. The van der Waals surface area contributed by atoms with Gasteiger partial charge in [0.05, 0.1) is 0 Å². The minimum atomic E-state index is 0.329. The molecule has 0 radical (unpaired) electrons. The van der Waals surface area contributed by atoms with Crippen molar-refractivity contribution >= 4 is 5.91 Å². The average molecular weight is 194 g/mol. The molecule has 2 rings (SSSR count). The lowest BCUT2D eigenvalue weighted by molar-refractivity contribution is -0.129. The van der Waals surface area contributed by atoms with Crippen molar-refractivity contribution in [1.82, 2.24) is 10.2 Å². The molecule has 1 fully saturated rings. The van der Waals surface area contributed by atoms with Crippen LogP contribution in [-0.2, 0) is 4.79 Å². The van der Waals surface area contributed by atoms with Crippen LogP contribution in [0.1, 0.15) is 25.7 Å². The Kier molecular flexibility index (Phi) is 3.19. The SMILES string of the molecule is O=C(CC1=CCNCC1)N1CCCC1. The van der Waals surface area contributed by atoms with Crippen LogP contribution in [0.25, 0.3) is 0 Å². The van der Waals surface area contributed by atoms with E-state index in [1.807, 2.05) is 4.90 Å². The fourth-order valence-corrected chi connectivity index (χ4v) is 2.10. The smallest absolute Gasteiger partial charge is 0.226 e. The first-order chi connectivity index (χ1) is 6.86. The minimum Gasteiger partial charge on any atom is -0.342 e. The second-order valence-electron chi connectivity index (χ2n) is 4.08. The van der Waals surface area contributed by atoms with Crippen LogP contribution in [0.5, 0.6) is 0 Å². The highest BCUT2D eigenvalue weighted by atomic mass is 16.2. The molecule has 0 unspecified atom stereocenters. The molecule has 0 aliphatic carbocycles. The van der Waals surface area contributed by atoms with E-state index in [0.717, 1.165) is 32.6 Å². The number of hydrogen-bond donors (Lipinski definition) is 1. The predicted octanol–water partition coefficient (Wildman–Crippen LogP) is 0.919. The summed E-state index contributed by atoms with van der Waals surface area (Å²) in [6.07, 6.45) is 6.23. The van der Waals surface area contributed by atoms with E-state index >= 15 is 0 Å². The molecule has 0 atom stereocenters. The summed E-state index contributed by atoms with van der Waals surface area (Å²) in [7, 11) is 0. The van der Waals surface area contributed by atoms with Crippen molar-refractivity contribution in [1.29, 1.82) is 0 Å². The summed E-state index contributed by atoms with van der Waals surface area (Å²) in [4.78, 5) is 13.8. The molecule has 0 aromatic carbocycles. The number of nitrogens with zero attached hydrogens (tertiary/aromatic N) is 1. The van der Waals surface area contributed by atoms with Crippen molar-refractivity contribution in [2.75, 3.05) is 26.2 Å². The van der Waals surface area contributed by atoms with Gasteiger partial charge in [0, 0.05) is 26.1 Å². The second kappa shape index (κ2) is 4.60. The van der Waals surface area contributed by atoms with Gasteiger partial charge in [-0.3, -0.25) is 4.79 Å². The van der Waals surface area contributed by atoms with Gasteiger partial charge in [0.25, 0.3) is 0 Å². The van der Waals surface area contributed by atoms with Gasteiger partial charge in [0.15, 0.2) is 0 Å². The van der Waals surface area contributed by atoms with Gasteiger partial charge in [0.1, 0.15) is 0 Å². The van der Waals surface area contributed by atoms with Crippen molar-refractivity contribution in [2.24, 2.45) is 0 Å². The lowest BCUT2D eigenvalue weighted by atomic mass is 10.1. The van der Waals surface area contributed by atoms with Gasteiger partial charge in [-0.25, -0.2) is 0 Å². The van der Waals surface area contributed by atoms with E-state index < -0.39 is 0 Å². The molecule has 2 aliphatic heterocycles. The highest BCUT2D eigenvalue weighted by Gasteiger charge is 2.18. The summed E-state index contributed by atoms with van der Waals surface area (Å²) >= 11 is 0. The van der Waals surface area contributed by atoms with E-state index in [1.165, 1.54) is 18.4 Å². The third-order valence-electron chi connectivity index (χ3n) is 3.00. The van der Waals surface area contributed by atoms with Crippen molar-refractivity contribution in [3.05, 3.63) is 11.6 Å². The number of likely N-dealkylation sites (tertiary alicyclic amines) is 1. The molecule has 0 aromatic heterocycles. The summed E-state index contributed by atoms with van der Waals surface area (Å²) in [6.45, 7) is 3.91. The zero-order chi connectivity index (χ0) is 9.80. The average Bonchev–Trinajstić information content (AvgIpc) is 2.72. The van der Waals surface area contributed by atoms with Crippen molar-refractivity contribution < 1.29 is 4.79 Å². The standard InChI is InChI=1S/C11H18N2O/c14-11(13-7-1-2-8-13)9-10-3-5-12-6-4-10/h3,12H,1-2,4-9H2. The molecule has 2 heterocycles. The normalized spacial score (nSPS) is 22.3. The van der Waals surface area contributed by atoms with Crippen molar-refractivity contribution in [3.63, 3.8) is 0 Å². The highest BCUT2D eigenvalue weighted by molar-refractivity contribution is 5.79. The Morgan fingerprint density at radius 2 is 2.21 bits per heavy atom. The van der Waals surface area contributed by atoms with Gasteiger partial charge in [-0.05, 0) is 25.8 Å². The first-order valence-electron chi connectivity index (χ1n) is 5.52. The lowest BCUT2D eigenvalue weighted by Gasteiger charge is -2.18. The van der Waals surface area contributed by atoms with Crippen LogP contribution in [0.15, 0.2) is 11.6 Å². The Morgan fingerprint density at radius 1 is 1.43 bits per heavy atom. The monoisotopic (exact) mass is 194 g/mol. The van der Waals surface area contributed by atoms with E-state index in [4.69, 9.17) is 0 Å². The van der Waals surface area contributed by atoms with Crippen LogP contribution >= 0.6 is 0 Å². The van der Waals surface area contributed by atoms with E-state index in [2.05, 4.69) is 11.4 Å². The summed E-state index contributed by atoms with van der Waals surface area (Å²) in [5, 5.41) is 3.26. The Morgan fingerprint density at radius 3 is 2.86 bits per heavy atom. The third-order valence-corrected chi connectivity index (χ3v) is 3.00. The summed E-state index contributed by atoms with van der Waals surface area (Å²) < 4.78 is 0. The lowest BCUT2D eigenvalue weighted by Crippen LogP contribution is -2.29. The quantitative estimate of drug-likeness (QED) is 0.663. The number of rotatable bonds is 2. The molecule has 3 heteroatoms. The van der Waals surface area contributed by atoms with Crippen LogP contribution in [0.4, 0.5) is 0 Å². The van der Waals surface area contributed by atoms with Gasteiger partial charge in [-0.2, -0.15) is 0 Å². The van der Waals surface area contributed by atoms with Crippen LogP contribution < -0.4 is 5.32 Å². The molecule has 0 spiro atoms. The number of amides is 1. The first kappa shape index (κ1) is 9.71. The molecule has 0 bridgehead atoms. The number of nitrogens with one attached hydrogen (secondary N) is 1. The molecule has 3 nitrogen and oxygen atoms in total.